The minimum atomic E-state index is -0.460. The predicted octanol–water partition coefficient (Wildman–Crippen LogP) is 3.42. The van der Waals surface area contributed by atoms with E-state index in [0.717, 1.165) is 17.4 Å². The Morgan fingerprint density at radius 1 is 1.12 bits per heavy atom. The quantitative estimate of drug-likeness (QED) is 0.748. The van der Waals surface area contributed by atoms with Crippen molar-refractivity contribution < 1.29 is 13.6 Å². The number of benzene rings is 2. The lowest BCUT2D eigenvalue weighted by molar-refractivity contribution is 0.0951. The number of amides is 1. The molecule has 0 radical (unpaired) electrons. The van der Waals surface area contributed by atoms with E-state index in [1.54, 1.807) is 6.07 Å². The van der Waals surface area contributed by atoms with Crippen molar-refractivity contribution in [2.75, 3.05) is 0 Å². The van der Waals surface area contributed by atoms with Gasteiger partial charge in [0.05, 0.1) is 0 Å². The van der Waals surface area contributed by atoms with Gasteiger partial charge in [0, 0.05) is 23.6 Å². The maximum Gasteiger partial charge on any atom is 0.336 e. The summed E-state index contributed by atoms with van der Waals surface area (Å²) in [6.07, 6.45) is 0.858. The van der Waals surface area contributed by atoms with Gasteiger partial charge in [0.1, 0.15) is 11.4 Å². The van der Waals surface area contributed by atoms with Crippen molar-refractivity contribution in [3.05, 3.63) is 81.5 Å². The molecule has 0 unspecified atom stereocenters. The van der Waals surface area contributed by atoms with Gasteiger partial charge in [0.15, 0.2) is 0 Å². The molecule has 3 rings (SSSR count). The van der Waals surface area contributed by atoms with Crippen molar-refractivity contribution in [3.8, 4) is 0 Å². The average molecular weight is 325 g/mol. The van der Waals surface area contributed by atoms with Crippen molar-refractivity contribution in [3.63, 3.8) is 0 Å². The van der Waals surface area contributed by atoms with Gasteiger partial charge < -0.3 is 9.73 Å². The van der Waals surface area contributed by atoms with Gasteiger partial charge in [0.2, 0.25) is 0 Å². The molecule has 0 saturated carbocycles. The fourth-order valence-electron chi connectivity index (χ4n) is 2.52. The third kappa shape index (κ3) is 3.35. The van der Waals surface area contributed by atoms with Gasteiger partial charge >= 0.3 is 5.63 Å². The van der Waals surface area contributed by atoms with Crippen LogP contribution in [0, 0.1) is 5.82 Å². The smallest absolute Gasteiger partial charge is 0.336 e. The Hall–Kier alpha value is -2.95. The van der Waals surface area contributed by atoms with Crippen LogP contribution in [-0.4, -0.2) is 5.91 Å². The maximum atomic E-state index is 12.9. The lowest BCUT2D eigenvalue weighted by Crippen LogP contribution is -2.23. The van der Waals surface area contributed by atoms with Gasteiger partial charge in [-0.05, 0) is 53.9 Å². The summed E-state index contributed by atoms with van der Waals surface area (Å²) in [6.45, 7) is 2.22. The molecule has 0 bridgehead atoms. The zero-order valence-corrected chi connectivity index (χ0v) is 13.1. The Morgan fingerprint density at radius 2 is 1.88 bits per heavy atom. The molecule has 1 heterocycles. The van der Waals surface area contributed by atoms with Crippen molar-refractivity contribution in [1.29, 1.82) is 0 Å². The number of fused-ring (bicyclic) bond motifs is 1. The van der Waals surface area contributed by atoms with E-state index in [1.807, 2.05) is 19.1 Å². The van der Waals surface area contributed by atoms with E-state index in [4.69, 9.17) is 4.42 Å². The fourth-order valence-corrected chi connectivity index (χ4v) is 2.52. The van der Waals surface area contributed by atoms with Crippen LogP contribution in [0.15, 0.2) is 57.7 Å². The molecule has 1 amide bonds. The molecule has 0 spiro atoms. The SMILES string of the molecule is CCc1ccc2oc(=O)cc(CNC(=O)c3ccc(F)cc3)c2c1. The average Bonchev–Trinajstić information content (AvgIpc) is 2.59. The molecule has 0 fully saturated rings. The summed E-state index contributed by atoms with van der Waals surface area (Å²) < 4.78 is 18.1. The second kappa shape index (κ2) is 6.66. The van der Waals surface area contributed by atoms with Gasteiger partial charge in [0.25, 0.3) is 5.91 Å². The van der Waals surface area contributed by atoms with Crippen LogP contribution in [0.25, 0.3) is 11.0 Å². The highest BCUT2D eigenvalue weighted by atomic mass is 19.1. The fraction of sp³-hybridized carbons (Fsp3) is 0.158. The second-order valence-corrected chi connectivity index (χ2v) is 5.46. The molecule has 2 aromatic carbocycles. The van der Waals surface area contributed by atoms with Crippen LogP contribution in [0.4, 0.5) is 4.39 Å². The summed E-state index contributed by atoms with van der Waals surface area (Å²) in [7, 11) is 0. The number of aryl methyl sites for hydroxylation is 1. The Morgan fingerprint density at radius 3 is 2.58 bits per heavy atom. The Labute approximate surface area is 137 Å². The zero-order chi connectivity index (χ0) is 17.1. The molecule has 1 N–H and O–H groups in total. The molecular weight excluding hydrogens is 309 g/mol. The minimum Gasteiger partial charge on any atom is -0.423 e. The van der Waals surface area contributed by atoms with Crippen LogP contribution in [0.5, 0.6) is 0 Å². The highest BCUT2D eigenvalue weighted by Crippen LogP contribution is 2.19. The molecule has 3 aromatic rings. The summed E-state index contributed by atoms with van der Waals surface area (Å²) in [6, 6.07) is 12.3. The first-order valence-electron chi connectivity index (χ1n) is 7.66. The third-order valence-corrected chi connectivity index (χ3v) is 3.85. The van der Waals surface area contributed by atoms with Crippen LogP contribution in [-0.2, 0) is 13.0 Å². The first-order chi connectivity index (χ1) is 11.6. The molecule has 5 heteroatoms. The van der Waals surface area contributed by atoms with Crippen molar-refractivity contribution in [2.24, 2.45) is 0 Å². The second-order valence-electron chi connectivity index (χ2n) is 5.46. The normalized spacial score (nSPS) is 10.8. The predicted molar refractivity (Wildman–Crippen MR) is 89.4 cm³/mol. The molecule has 0 aliphatic heterocycles. The monoisotopic (exact) mass is 325 g/mol. The molecule has 24 heavy (non-hydrogen) atoms. The number of carbonyl (C=O) groups excluding carboxylic acids is 1. The Bertz CT molecular complexity index is 945. The van der Waals surface area contributed by atoms with Gasteiger partial charge in [-0.3, -0.25) is 4.79 Å². The minimum absolute atomic E-state index is 0.186. The Kier molecular flexibility index (Phi) is 4.42. The molecule has 122 valence electrons. The summed E-state index contributed by atoms with van der Waals surface area (Å²) >= 11 is 0. The number of hydrogen-bond donors (Lipinski definition) is 1. The van der Waals surface area contributed by atoms with E-state index in [-0.39, 0.29) is 12.5 Å². The van der Waals surface area contributed by atoms with E-state index in [1.165, 1.54) is 30.3 Å². The number of hydrogen-bond acceptors (Lipinski definition) is 3. The lowest BCUT2D eigenvalue weighted by atomic mass is 10.1. The van der Waals surface area contributed by atoms with Crippen molar-refractivity contribution >= 4 is 16.9 Å². The molecule has 0 aliphatic carbocycles. The van der Waals surface area contributed by atoms with E-state index >= 15 is 0 Å². The first kappa shape index (κ1) is 15.9. The van der Waals surface area contributed by atoms with Crippen LogP contribution in [0.2, 0.25) is 0 Å². The van der Waals surface area contributed by atoms with E-state index in [0.29, 0.717) is 16.7 Å². The highest BCUT2D eigenvalue weighted by Gasteiger charge is 2.09. The number of nitrogens with one attached hydrogen (secondary N) is 1. The number of halogens is 1. The van der Waals surface area contributed by atoms with Gasteiger partial charge in [-0.25, -0.2) is 9.18 Å². The highest BCUT2D eigenvalue weighted by molar-refractivity contribution is 5.94. The summed E-state index contributed by atoms with van der Waals surface area (Å²) in [4.78, 5) is 23.8. The van der Waals surface area contributed by atoms with Gasteiger partial charge in [-0.1, -0.05) is 13.0 Å². The first-order valence-corrected chi connectivity index (χ1v) is 7.66. The standard InChI is InChI=1S/C19H16FNO3/c1-2-12-3-8-17-16(9-12)14(10-18(22)24-17)11-21-19(23)13-4-6-15(20)7-5-13/h3-10H,2,11H2,1H3,(H,21,23). The molecular formula is C19H16FNO3. The van der Waals surface area contributed by atoms with E-state index in [9.17, 15) is 14.0 Å². The van der Waals surface area contributed by atoms with Gasteiger partial charge in [-0.15, -0.1) is 0 Å². The number of carbonyl (C=O) groups is 1. The Balaban J connectivity index is 1.87. The van der Waals surface area contributed by atoms with Crippen molar-refractivity contribution in [2.45, 2.75) is 19.9 Å². The third-order valence-electron chi connectivity index (χ3n) is 3.85. The summed E-state index contributed by atoms with van der Waals surface area (Å²) in [5.74, 6) is -0.728. The largest absolute Gasteiger partial charge is 0.423 e. The maximum absolute atomic E-state index is 12.9. The molecule has 1 aromatic heterocycles. The van der Waals surface area contributed by atoms with Crippen LogP contribution in [0.3, 0.4) is 0 Å². The van der Waals surface area contributed by atoms with E-state index in [2.05, 4.69) is 5.32 Å². The zero-order valence-electron chi connectivity index (χ0n) is 13.1. The molecule has 0 aliphatic rings. The lowest BCUT2D eigenvalue weighted by Gasteiger charge is -2.09. The van der Waals surface area contributed by atoms with Gasteiger partial charge in [-0.2, -0.15) is 0 Å². The van der Waals surface area contributed by atoms with Crippen LogP contribution < -0.4 is 10.9 Å². The summed E-state index contributed by atoms with van der Waals surface area (Å²) in [5.41, 5.74) is 2.19. The van der Waals surface area contributed by atoms with Crippen LogP contribution in [0.1, 0.15) is 28.4 Å². The van der Waals surface area contributed by atoms with Crippen LogP contribution >= 0.6 is 0 Å². The summed E-state index contributed by atoms with van der Waals surface area (Å²) in [5, 5.41) is 3.55. The molecule has 0 atom stereocenters. The van der Waals surface area contributed by atoms with Crippen molar-refractivity contribution in [1.82, 2.24) is 5.32 Å². The molecule has 0 saturated heterocycles. The topological polar surface area (TPSA) is 59.3 Å². The number of rotatable bonds is 4. The van der Waals surface area contributed by atoms with E-state index < -0.39 is 11.4 Å². The molecule has 4 nitrogen and oxygen atoms in total.